The molecule has 2 heterocycles. The van der Waals surface area contributed by atoms with Crippen molar-refractivity contribution in [2.24, 2.45) is 0 Å². The lowest BCUT2D eigenvalue weighted by molar-refractivity contribution is -0.577. The Morgan fingerprint density at radius 1 is 1.23 bits per heavy atom. The quantitative estimate of drug-likeness (QED) is 0.381. The minimum absolute atomic E-state index is 0.0888. The Morgan fingerprint density at radius 2 is 2.00 bits per heavy atom. The molecule has 0 aliphatic carbocycles. The first kappa shape index (κ1) is 18.5. The predicted molar refractivity (Wildman–Crippen MR) is 105 cm³/mol. The van der Waals surface area contributed by atoms with Crippen molar-refractivity contribution in [2.75, 3.05) is 13.2 Å². The summed E-state index contributed by atoms with van der Waals surface area (Å²) in [5.41, 5.74) is 3.35. The highest BCUT2D eigenvalue weighted by Gasteiger charge is 2.21. The maximum absolute atomic E-state index is 13.2. The molecule has 0 radical (unpaired) electrons. The first-order valence-electron chi connectivity index (χ1n) is 8.91. The van der Waals surface area contributed by atoms with Gasteiger partial charge in [0.05, 0.1) is 6.10 Å². The van der Waals surface area contributed by atoms with Gasteiger partial charge in [-0.25, -0.2) is 0 Å². The lowest BCUT2D eigenvalue weighted by Gasteiger charge is -2.18. The van der Waals surface area contributed by atoms with Crippen molar-refractivity contribution in [1.29, 1.82) is 0 Å². The summed E-state index contributed by atoms with van der Waals surface area (Å²) in [7, 11) is 0. The molecular formula is C21H24N2O2S. The average molecular weight is 369 g/mol. The Morgan fingerprint density at radius 3 is 2.65 bits per heavy atom. The number of hydrogen-bond acceptors (Lipinski definition) is 3. The zero-order valence-corrected chi connectivity index (χ0v) is 16.0. The Balaban J connectivity index is 1.94. The fourth-order valence-corrected chi connectivity index (χ4v) is 3.28. The summed E-state index contributed by atoms with van der Waals surface area (Å²) in [6.07, 6.45) is 5.94. The minimum Gasteiger partial charge on any atom is -0.867 e. The highest BCUT2D eigenvalue weighted by molar-refractivity contribution is 7.81. The van der Waals surface area contributed by atoms with E-state index in [1.807, 2.05) is 62.6 Å². The molecule has 1 N–H and O–H groups in total. The summed E-state index contributed by atoms with van der Waals surface area (Å²) < 4.78 is 7.42. The number of aryl methyl sites for hydroxylation is 2. The van der Waals surface area contributed by atoms with Crippen molar-refractivity contribution >= 4 is 28.7 Å². The second-order valence-corrected chi connectivity index (χ2v) is 7.01. The van der Waals surface area contributed by atoms with Crippen LogP contribution in [0.15, 0.2) is 48.8 Å². The number of nitrogens with zero attached hydrogens (tertiary/aromatic N) is 1. The van der Waals surface area contributed by atoms with E-state index in [4.69, 9.17) is 17.0 Å². The van der Waals surface area contributed by atoms with Crippen LogP contribution in [0.1, 0.15) is 29.5 Å². The van der Waals surface area contributed by atoms with Gasteiger partial charge in [-0.1, -0.05) is 36.5 Å². The van der Waals surface area contributed by atoms with E-state index in [1.54, 1.807) is 4.57 Å². The van der Waals surface area contributed by atoms with Gasteiger partial charge < -0.3 is 15.2 Å². The van der Waals surface area contributed by atoms with E-state index in [0.29, 0.717) is 22.8 Å². The number of benzene rings is 1. The number of nitrogens with one attached hydrogen (secondary N) is 1. The Labute approximate surface area is 160 Å². The van der Waals surface area contributed by atoms with Crippen LogP contribution in [0.4, 0.5) is 0 Å². The molecule has 2 aromatic rings. The predicted octanol–water partition coefficient (Wildman–Crippen LogP) is 2.37. The van der Waals surface area contributed by atoms with Gasteiger partial charge in [0.25, 0.3) is 0 Å². The van der Waals surface area contributed by atoms with Gasteiger partial charge in [0.1, 0.15) is 0 Å². The minimum atomic E-state index is -0.0888. The van der Waals surface area contributed by atoms with Crippen LogP contribution in [0.3, 0.4) is 0 Å². The molecule has 3 rings (SSSR count). The largest absolute Gasteiger partial charge is 0.867 e. The fourth-order valence-electron chi connectivity index (χ4n) is 3.00. The van der Waals surface area contributed by atoms with E-state index in [2.05, 4.69) is 5.32 Å². The van der Waals surface area contributed by atoms with Gasteiger partial charge in [0.2, 0.25) is 5.70 Å². The second kappa shape index (κ2) is 8.43. The molecule has 1 fully saturated rings. The molecule has 0 saturated carbocycles. The van der Waals surface area contributed by atoms with Crippen LogP contribution in [0.25, 0.3) is 11.5 Å². The molecule has 1 unspecified atom stereocenters. The van der Waals surface area contributed by atoms with E-state index in [9.17, 15) is 5.11 Å². The molecule has 1 saturated heterocycles. The fraction of sp³-hybridized carbons (Fsp3) is 0.333. The van der Waals surface area contributed by atoms with E-state index in [-0.39, 0.29) is 11.9 Å². The number of rotatable bonds is 5. The van der Waals surface area contributed by atoms with Crippen LogP contribution in [-0.2, 0) is 4.74 Å². The van der Waals surface area contributed by atoms with Crippen molar-refractivity contribution < 1.29 is 14.4 Å². The number of thiocarbonyl (C=S) groups is 1. The monoisotopic (exact) mass is 368 g/mol. The topological polar surface area (TPSA) is 48.2 Å². The standard InChI is InChI=1S/C21H24N2O2S/c1-15-8-9-17(13-16(15)2)20(24)19(23-10-4-3-5-11-23)21(26)22-14-18-7-6-12-25-18/h3-5,8-11,13,18H,6-7,12,14H2,1-2H3,(H-,22,24,26). The highest BCUT2D eigenvalue weighted by atomic mass is 32.1. The van der Waals surface area contributed by atoms with Crippen LogP contribution in [0, 0.1) is 13.8 Å². The van der Waals surface area contributed by atoms with Crippen molar-refractivity contribution in [3.05, 3.63) is 65.5 Å². The van der Waals surface area contributed by atoms with Crippen molar-refractivity contribution in [2.45, 2.75) is 32.8 Å². The average Bonchev–Trinajstić information content (AvgIpc) is 3.17. The van der Waals surface area contributed by atoms with Gasteiger partial charge in [-0.05, 0) is 49.1 Å². The van der Waals surface area contributed by atoms with Crippen LogP contribution < -0.4 is 15.0 Å². The zero-order valence-electron chi connectivity index (χ0n) is 15.2. The van der Waals surface area contributed by atoms with Gasteiger partial charge in [-0.3, -0.25) is 0 Å². The molecule has 1 aliphatic rings. The highest BCUT2D eigenvalue weighted by Crippen LogP contribution is 2.18. The maximum Gasteiger partial charge on any atom is 0.237 e. The third-order valence-electron chi connectivity index (χ3n) is 4.69. The summed E-state index contributed by atoms with van der Waals surface area (Å²) in [6.45, 7) is 5.46. The number of pyridine rings is 1. The molecule has 1 aromatic carbocycles. The summed E-state index contributed by atoms with van der Waals surface area (Å²) in [6, 6.07) is 11.4. The first-order chi connectivity index (χ1) is 12.6. The van der Waals surface area contributed by atoms with Gasteiger partial charge in [-0.2, -0.15) is 4.57 Å². The van der Waals surface area contributed by atoms with Crippen LogP contribution in [0.5, 0.6) is 0 Å². The van der Waals surface area contributed by atoms with E-state index < -0.39 is 0 Å². The van der Waals surface area contributed by atoms with Crippen molar-refractivity contribution in [3.63, 3.8) is 0 Å². The Kier molecular flexibility index (Phi) is 6.01. The molecular weight excluding hydrogens is 344 g/mol. The SMILES string of the molecule is Cc1ccc(/C([O-])=C(/C(=S)NCC2CCCO2)[n+]2ccccc2)cc1C. The van der Waals surface area contributed by atoms with Gasteiger partial charge >= 0.3 is 0 Å². The third kappa shape index (κ3) is 4.29. The zero-order chi connectivity index (χ0) is 18.5. The summed E-state index contributed by atoms with van der Waals surface area (Å²) in [4.78, 5) is 0.444. The summed E-state index contributed by atoms with van der Waals surface area (Å²) in [5, 5.41) is 16.5. The lowest BCUT2D eigenvalue weighted by Crippen LogP contribution is -2.43. The lowest BCUT2D eigenvalue weighted by atomic mass is 10.0. The van der Waals surface area contributed by atoms with Crippen molar-refractivity contribution in [3.8, 4) is 0 Å². The van der Waals surface area contributed by atoms with Gasteiger partial charge in [-0.15, -0.1) is 0 Å². The third-order valence-corrected chi connectivity index (χ3v) is 5.02. The first-order valence-corrected chi connectivity index (χ1v) is 9.32. The Hall–Kier alpha value is -2.24. The molecule has 1 aliphatic heterocycles. The number of ether oxygens (including phenoxy) is 1. The van der Waals surface area contributed by atoms with E-state index in [1.165, 1.54) is 0 Å². The smallest absolute Gasteiger partial charge is 0.237 e. The molecule has 136 valence electrons. The molecule has 26 heavy (non-hydrogen) atoms. The Bertz CT molecular complexity index is 812. The van der Waals surface area contributed by atoms with E-state index in [0.717, 1.165) is 30.6 Å². The molecule has 1 aromatic heterocycles. The van der Waals surface area contributed by atoms with Gasteiger partial charge in [0.15, 0.2) is 17.4 Å². The van der Waals surface area contributed by atoms with Gasteiger partial charge in [0, 0.05) is 25.3 Å². The molecule has 1 atom stereocenters. The number of aromatic nitrogens is 1. The van der Waals surface area contributed by atoms with Crippen LogP contribution >= 0.6 is 12.2 Å². The van der Waals surface area contributed by atoms with Crippen LogP contribution in [0.2, 0.25) is 0 Å². The van der Waals surface area contributed by atoms with E-state index >= 15 is 0 Å². The molecule has 0 amide bonds. The summed E-state index contributed by atoms with van der Waals surface area (Å²) in [5.74, 6) is -0.0888. The molecule has 4 nitrogen and oxygen atoms in total. The number of hydrogen-bond donors (Lipinski definition) is 1. The summed E-state index contributed by atoms with van der Waals surface area (Å²) >= 11 is 5.58. The molecule has 5 heteroatoms. The van der Waals surface area contributed by atoms with Crippen LogP contribution in [-0.4, -0.2) is 24.2 Å². The van der Waals surface area contributed by atoms with Crippen molar-refractivity contribution in [1.82, 2.24) is 5.32 Å². The normalized spacial score (nSPS) is 17.7. The second-order valence-electron chi connectivity index (χ2n) is 6.60. The molecule has 0 bridgehead atoms. The maximum atomic E-state index is 13.2. The molecule has 0 spiro atoms.